The highest BCUT2D eigenvalue weighted by molar-refractivity contribution is 7.92. The molecule has 1 fully saturated rings. The summed E-state index contributed by atoms with van der Waals surface area (Å²) in [5, 5.41) is 4.21. The van der Waals surface area contributed by atoms with Gasteiger partial charge in [-0.1, -0.05) is 18.2 Å². The number of fused-ring (bicyclic) bond motifs is 1. The van der Waals surface area contributed by atoms with Crippen LogP contribution in [0.4, 0.5) is 11.4 Å². The molecule has 2 N–H and O–H groups in total. The maximum absolute atomic E-state index is 12.6. The fourth-order valence-electron chi connectivity index (χ4n) is 3.26. The lowest BCUT2D eigenvalue weighted by molar-refractivity contribution is 0.0398. The third-order valence-corrected chi connectivity index (χ3v) is 6.10. The molecule has 1 aliphatic rings. The van der Waals surface area contributed by atoms with E-state index in [1.54, 1.807) is 48.7 Å². The van der Waals surface area contributed by atoms with Gasteiger partial charge in [0.15, 0.2) is 5.58 Å². The Balaban J connectivity index is 1.51. The van der Waals surface area contributed by atoms with E-state index < -0.39 is 10.0 Å². The van der Waals surface area contributed by atoms with E-state index in [2.05, 4.69) is 14.9 Å². The fourth-order valence-corrected chi connectivity index (χ4v) is 4.32. The normalized spacial score (nSPS) is 15.6. The molecule has 0 unspecified atom stereocenters. The lowest BCUT2D eigenvalue weighted by Gasteiger charge is -2.26. The standard InChI is InChI=1S/C20H23N3O4S/c24-28(25,18-4-2-1-3-5-18)22-17-14-16-6-11-27-20(16)19(15-17)21-7-8-23-9-12-26-13-10-23/h1-6,11,14-15,21-22H,7-10,12-13H2. The van der Waals surface area contributed by atoms with Crippen molar-refractivity contribution in [2.45, 2.75) is 4.90 Å². The zero-order valence-corrected chi connectivity index (χ0v) is 16.2. The molecule has 4 rings (SSSR count). The first-order valence-corrected chi connectivity index (χ1v) is 10.7. The molecule has 148 valence electrons. The quantitative estimate of drug-likeness (QED) is 0.633. The van der Waals surface area contributed by atoms with Gasteiger partial charge in [-0.3, -0.25) is 9.62 Å². The molecule has 0 saturated carbocycles. The number of ether oxygens (including phenoxy) is 1. The molecule has 28 heavy (non-hydrogen) atoms. The van der Waals surface area contributed by atoms with Crippen LogP contribution in [0.15, 0.2) is 64.1 Å². The maximum Gasteiger partial charge on any atom is 0.261 e. The van der Waals surface area contributed by atoms with Crippen molar-refractivity contribution in [3.05, 3.63) is 54.8 Å². The molecule has 0 spiro atoms. The first-order valence-electron chi connectivity index (χ1n) is 9.25. The molecule has 2 aromatic carbocycles. The number of hydrogen-bond acceptors (Lipinski definition) is 6. The molecular weight excluding hydrogens is 378 g/mol. The molecular formula is C20H23N3O4S. The van der Waals surface area contributed by atoms with E-state index in [9.17, 15) is 8.42 Å². The molecule has 8 heteroatoms. The zero-order valence-electron chi connectivity index (χ0n) is 15.4. The average molecular weight is 401 g/mol. The Morgan fingerprint density at radius 1 is 1.04 bits per heavy atom. The third kappa shape index (κ3) is 4.30. The van der Waals surface area contributed by atoms with Crippen molar-refractivity contribution in [1.82, 2.24) is 4.90 Å². The number of morpholine rings is 1. The van der Waals surface area contributed by atoms with Gasteiger partial charge >= 0.3 is 0 Å². The minimum Gasteiger partial charge on any atom is -0.462 e. The summed E-state index contributed by atoms with van der Waals surface area (Å²) in [5.74, 6) is 0. The van der Waals surface area contributed by atoms with Crippen molar-refractivity contribution in [1.29, 1.82) is 0 Å². The van der Waals surface area contributed by atoms with Crippen molar-refractivity contribution < 1.29 is 17.6 Å². The summed E-state index contributed by atoms with van der Waals surface area (Å²) >= 11 is 0. The number of rotatable bonds is 7. The molecule has 2 heterocycles. The van der Waals surface area contributed by atoms with Crippen LogP contribution in [-0.2, 0) is 14.8 Å². The average Bonchev–Trinajstić information content (AvgIpc) is 3.18. The highest BCUT2D eigenvalue weighted by Crippen LogP contribution is 2.30. The van der Waals surface area contributed by atoms with Crippen LogP contribution in [0, 0.1) is 0 Å². The second-order valence-corrected chi connectivity index (χ2v) is 8.34. The van der Waals surface area contributed by atoms with Gasteiger partial charge in [0.1, 0.15) is 0 Å². The number of nitrogens with one attached hydrogen (secondary N) is 2. The van der Waals surface area contributed by atoms with Crippen molar-refractivity contribution >= 4 is 32.4 Å². The van der Waals surface area contributed by atoms with Gasteiger partial charge in [-0.15, -0.1) is 0 Å². The summed E-state index contributed by atoms with van der Waals surface area (Å²) in [6.07, 6.45) is 1.60. The summed E-state index contributed by atoms with van der Waals surface area (Å²) in [5.41, 5.74) is 1.97. The number of sulfonamides is 1. The lowest BCUT2D eigenvalue weighted by atomic mass is 10.2. The van der Waals surface area contributed by atoms with Crippen molar-refractivity contribution in [2.75, 3.05) is 49.4 Å². The van der Waals surface area contributed by atoms with E-state index >= 15 is 0 Å². The zero-order chi connectivity index (χ0) is 19.4. The van der Waals surface area contributed by atoms with E-state index in [-0.39, 0.29) is 4.90 Å². The minimum absolute atomic E-state index is 0.226. The highest BCUT2D eigenvalue weighted by Gasteiger charge is 2.16. The van der Waals surface area contributed by atoms with Gasteiger partial charge in [0.05, 0.1) is 35.7 Å². The van der Waals surface area contributed by atoms with Crippen LogP contribution in [0.25, 0.3) is 11.0 Å². The van der Waals surface area contributed by atoms with Crippen LogP contribution in [0.2, 0.25) is 0 Å². The molecule has 0 bridgehead atoms. The van der Waals surface area contributed by atoms with E-state index in [1.807, 2.05) is 6.07 Å². The topological polar surface area (TPSA) is 83.8 Å². The molecule has 0 aliphatic carbocycles. The van der Waals surface area contributed by atoms with Gasteiger partial charge in [-0.25, -0.2) is 8.42 Å². The van der Waals surface area contributed by atoms with Crippen LogP contribution in [-0.4, -0.2) is 52.7 Å². The van der Waals surface area contributed by atoms with Crippen molar-refractivity contribution in [2.24, 2.45) is 0 Å². The molecule has 3 aromatic rings. The minimum atomic E-state index is -3.65. The Morgan fingerprint density at radius 3 is 2.61 bits per heavy atom. The smallest absolute Gasteiger partial charge is 0.261 e. The van der Waals surface area contributed by atoms with Gasteiger partial charge in [0, 0.05) is 31.6 Å². The Kier molecular flexibility index (Phi) is 5.52. The Morgan fingerprint density at radius 2 is 1.82 bits per heavy atom. The number of hydrogen-bond donors (Lipinski definition) is 2. The van der Waals surface area contributed by atoms with Gasteiger partial charge < -0.3 is 14.5 Å². The van der Waals surface area contributed by atoms with Crippen molar-refractivity contribution in [3.8, 4) is 0 Å². The number of benzene rings is 2. The molecule has 1 saturated heterocycles. The summed E-state index contributed by atoms with van der Waals surface area (Å²) in [4.78, 5) is 2.56. The van der Waals surface area contributed by atoms with Crippen LogP contribution < -0.4 is 10.0 Å². The summed E-state index contributed by atoms with van der Waals surface area (Å²) in [6, 6.07) is 13.7. The fraction of sp³-hybridized carbons (Fsp3) is 0.300. The molecule has 0 amide bonds. The predicted molar refractivity (Wildman–Crippen MR) is 109 cm³/mol. The second kappa shape index (κ2) is 8.22. The van der Waals surface area contributed by atoms with E-state index in [0.29, 0.717) is 11.3 Å². The van der Waals surface area contributed by atoms with Gasteiger partial charge in [0.25, 0.3) is 10.0 Å². The summed E-state index contributed by atoms with van der Waals surface area (Å²) in [7, 11) is -3.65. The number of anilines is 2. The monoisotopic (exact) mass is 401 g/mol. The first kappa shape index (κ1) is 18.8. The molecule has 0 radical (unpaired) electrons. The number of furan rings is 1. The molecule has 1 aliphatic heterocycles. The molecule has 0 atom stereocenters. The molecule has 1 aromatic heterocycles. The SMILES string of the molecule is O=S(=O)(Nc1cc(NCCN2CCOCC2)c2occc2c1)c1ccccc1. The van der Waals surface area contributed by atoms with Gasteiger partial charge in [0.2, 0.25) is 0 Å². The van der Waals surface area contributed by atoms with Crippen molar-refractivity contribution in [3.63, 3.8) is 0 Å². The predicted octanol–water partition coefficient (Wildman–Crippen LogP) is 2.98. The van der Waals surface area contributed by atoms with Crippen LogP contribution >= 0.6 is 0 Å². The van der Waals surface area contributed by atoms with Gasteiger partial charge in [-0.05, 0) is 30.3 Å². The Labute approximate surface area is 164 Å². The Bertz CT molecular complexity index is 1030. The van der Waals surface area contributed by atoms with E-state index in [1.165, 1.54) is 0 Å². The number of nitrogens with zero attached hydrogens (tertiary/aromatic N) is 1. The van der Waals surface area contributed by atoms with Crippen LogP contribution in [0.3, 0.4) is 0 Å². The third-order valence-electron chi connectivity index (χ3n) is 4.70. The van der Waals surface area contributed by atoms with E-state index in [4.69, 9.17) is 9.15 Å². The summed E-state index contributed by atoms with van der Waals surface area (Å²) in [6.45, 7) is 4.98. The van der Waals surface area contributed by atoms with Crippen LogP contribution in [0.5, 0.6) is 0 Å². The first-order chi connectivity index (χ1) is 13.6. The largest absolute Gasteiger partial charge is 0.462 e. The summed E-state index contributed by atoms with van der Waals surface area (Å²) < 4.78 is 38.9. The Hall–Kier alpha value is -2.55. The maximum atomic E-state index is 12.6. The lowest BCUT2D eigenvalue weighted by Crippen LogP contribution is -2.39. The molecule has 7 nitrogen and oxygen atoms in total. The second-order valence-electron chi connectivity index (χ2n) is 6.66. The van der Waals surface area contributed by atoms with Gasteiger partial charge in [-0.2, -0.15) is 0 Å². The highest BCUT2D eigenvalue weighted by atomic mass is 32.2. The van der Waals surface area contributed by atoms with E-state index in [0.717, 1.165) is 50.5 Å². The van der Waals surface area contributed by atoms with Crippen LogP contribution in [0.1, 0.15) is 0 Å².